The third-order valence-corrected chi connectivity index (χ3v) is 6.22. The smallest absolute Gasteiger partial charge is 0.350 e. The van der Waals surface area contributed by atoms with E-state index < -0.39 is 12.1 Å². The van der Waals surface area contributed by atoms with E-state index in [9.17, 15) is 9.59 Å². The van der Waals surface area contributed by atoms with Crippen molar-refractivity contribution >= 4 is 40.7 Å². The molecule has 0 radical (unpaired) electrons. The second-order valence-corrected chi connectivity index (χ2v) is 8.11. The van der Waals surface area contributed by atoms with Crippen LogP contribution in [0.5, 0.6) is 11.5 Å². The Kier molecular flexibility index (Phi) is 5.91. The lowest BCUT2D eigenvalue weighted by Crippen LogP contribution is -2.24. The van der Waals surface area contributed by atoms with Crippen LogP contribution in [-0.4, -0.2) is 46.1 Å². The zero-order valence-electron chi connectivity index (χ0n) is 16.2. The van der Waals surface area contributed by atoms with Crippen molar-refractivity contribution in [2.24, 2.45) is 7.05 Å². The Balaban J connectivity index is 1.38. The predicted octanol–water partition coefficient (Wildman–Crippen LogP) is 2.91. The van der Waals surface area contributed by atoms with Gasteiger partial charge >= 0.3 is 5.97 Å². The summed E-state index contributed by atoms with van der Waals surface area (Å²) in [5.74, 6) is 1.32. The average Bonchev–Trinajstić information content (AvgIpc) is 3.37. The molecular weight excluding hydrogens is 428 g/mol. The standard InChI is InChI=1S/C19H18N4O5S2/c1-23-17(14-9-27-12-5-3-4-6-13(12)28-14)21-22-19(23)30-10-15(24)20-11-7-8-29-16(11)18(25)26-2/h3-8,14H,9-10H2,1-2H3,(H,20,24)/t14-/m1/s1. The number of nitrogens with zero attached hydrogens (tertiary/aromatic N) is 3. The summed E-state index contributed by atoms with van der Waals surface area (Å²) in [6.45, 7) is 0.322. The molecule has 1 amide bonds. The van der Waals surface area contributed by atoms with Gasteiger partial charge in [-0.05, 0) is 23.6 Å². The van der Waals surface area contributed by atoms with Gasteiger partial charge in [-0.15, -0.1) is 21.5 Å². The molecule has 3 heterocycles. The molecule has 0 aliphatic carbocycles. The van der Waals surface area contributed by atoms with Crippen molar-refractivity contribution in [3.8, 4) is 11.5 Å². The SMILES string of the molecule is COC(=O)c1sccc1NC(=O)CSc1nnc([C@H]2COc3ccccc3O2)n1C. The first kappa shape index (κ1) is 20.2. The number of ether oxygens (including phenoxy) is 3. The molecule has 0 spiro atoms. The Morgan fingerprint density at radius 1 is 1.30 bits per heavy atom. The van der Waals surface area contributed by atoms with Crippen LogP contribution in [0.3, 0.4) is 0 Å². The molecular formula is C19H18N4O5S2. The van der Waals surface area contributed by atoms with Gasteiger partial charge in [-0.1, -0.05) is 23.9 Å². The van der Waals surface area contributed by atoms with Crippen LogP contribution in [-0.2, 0) is 16.6 Å². The molecule has 0 bridgehead atoms. The van der Waals surface area contributed by atoms with E-state index >= 15 is 0 Å². The van der Waals surface area contributed by atoms with Crippen LogP contribution in [0.1, 0.15) is 21.6 Å². The molecule has 0 unspecified atom stereocenters. The number of nitrogens with one attached hydrogen (secondary N) is 1. The summed E-state index contributed by atoms with van der Waals surface area (Å²) >= 11 is 2.44. The average molecular weight is 447 g/mol. The third kappa shape index (κ3) is 4.12. The zero-order chi connectivity index (χ0) is 21.1. The van der Waals surface area contributed by atoms with E-state index in [0.717, 1.165) is 0 Å². The minimum absolute atomic E-state index is 0.104. The number of thiophene rings is 1. The number of benzene rings is 1. The van der Waals surface area contributed by atoms with Crippen molar-refractivity contribution in [2.75, 3.05) is 24.8 Å². The fourth-order valence-corrected chi connectivity index (χ4v) is 4.34. The van der Waals surface area contributed by atoms with Crippen molar-refractivity contribution in [3.63, 3.8) is 0 Å². The van der Waals surface area contributed by atoms with Crippen LogP contribution in [0.2, 0.25) is 0 Å². The number of anilines is 1. The molecule has 1 aromatic carbocycles. The first-order valence-electron chi connectivity index (χ1n) is 8.93. The van der Waals surface area contributed by atoms with Crippen molar-refractivity contribution in [3.05, 3.63) is 46.4 Å². The molecule has 0 saturated carbocycles. The second kappa shape index (κ2) is 8.76. The minimum atomic E-state index is -0.484. The first-order valence-corrected chi connectivity index (χ1v) is 10.8. The summed E-state index contributed by atoms with van der Waals surface area (Å²) in [4.78, 5) is 24.4. The van der Waals surface area contributed by atoms with E-state index in [1.54, 1.807) is 16.0 Å². The van der Waals surface area contributed by atoms with Gasteiger partial charge in [-0.25, -0.2) is 4.79 Å². The van der Waals surface area contributed by atoms with E-state index in [1.165, 1.54) is 30.2 Å². The molecule has 0 fully saturated rings. The minimum Gasteiger partial charge on any atom is -0.485 e. The fourth-order valence-electron chi connectivity index (χ4n) is 2.85. The van der Waals surface area contributed by atoms with Gasteiger partial charge in [-0.3, -0.25) is 4.79 Å². The van der Waals surface area contributed by atoms with E-state index in [4.69, 9.17) is 14.2 Å². The number of rotatable bonds is 6. The lowest BCUT2D eigenvalue weighted by atomic mass is 10.2. The summed E-state index contributed by atoms with van der Waals surface area (Å²) in [5.41, 5.74) is 0.433. The van der Waals surface area contributed by atoms with Gasteiger partial charge in [0.05, 0.1) is 18.6 Å². The predicted molar refractivity (Wildman–Crippen MR) is 111 cm³/mol. The van der Waals surface area contributed by atoms with Gasteiger partial charge in [0.2, 0.25) is 5.91 Å². The van der Waals surface area contributed by atoms with Gasteiger partial charge < -0.3 is 24.1 Å². The van der Waals surface area contributed by atoms with Crippen LogP contribution in [0.25, 0.3) is 0 Å². The van der Waals surface area contributed by atoms with Gasteiger partial charge in [0.1, 0.15) is 11.5 Å². The van der Waals surface area contributed by atoms with Crippen LogP contribution in [0.15, 0.2) is 40.9 Å². The van der Waals surface area contributed by atoms with Gasteiger partial charge in [0.15, 0.2) is 28.6 Å². The lowest BCUT2D eigenvalue weighted by molar-refractivity contribution is -0.113. The van der Waals surface area contributed by atoms with Crippen molar-refractivity contribution in [1.82, 2.24) is 14.8 Å². The molecule has 1 atom stereocenters. The Bertz CT molecular complexity index is 1080. The highest BCUT2D eigenvalue weighted by molar-refractivity contribution is 7.99. The lowest BCUT2D eigenvalue weighted by Gasteiger charge is -2.25. The number of aromatic nitrogens is 3. The first-order chi connectivity index (χ1) is 14.6. The molecule has 2 aromatic heterocycles. The largest absolute Gasteiger partial charge is 0.485 e. The molecule has 156 valence electrons. The number of thioether (sulfide) groups is 1. The Labute approximate surface area is 180 Å². The van der Waals surface area contributed by atoms with E-state index in [1.807, 2.05) is 31.3 Å². The zero-order valence-corrected chi connectivity index (χ0v) is 17.8. The molecule has 1 aliphatic rings. The molecule has 11 heteroatoms. The maximum absolute atomic E-state index is 12.3. The number of carbonyl (C=O) groups is 2. The number of para-hydroxylation sites is 2. The van der Waals surface area contributed by atoms with Crippen molar-refractivity contribution in [2.45, 2.75) is 11.3 Å². The number of hydrogen-bond acceptors (Lipinski definition) is 9. The summed E-state index contributed by atoms with van der Waals surface area (Å²) in [6, 6.07) is 9.11. The maximum Gasteiger partial charge on any atom is 0.350 e. The van der Waals surface area contributed by atoms with Crippen molar-refractivity contribution in [1.29, 1.82) is 0 Å². The number of esters is 1. The van der Waals surface area contributed by atoms with Crippen LogP contribution < -0.4 is 14.8 Å². The van der Waals surface area contributed by atoms with Crippen LogP contribution in [0.4, 0.5) is 5.69 Å². The monoisotopic (exact) mass is 446 g/mol. The van der Waals surface area contributed by atoms with E-state index in [2.05, 4.69) is 15.5 Å². The van der Waals surface area contributed by atoms with E-state index in [0.29, 0.717) is 39.7 Å². The molecule has 30 heavy (non-hydrogen) atoms. The maximum atomic E-state index is 12.3. The summed E-state index contributed by atoms with van der Waals surface area (Å²) < 4.78 is 18.2. The fraction of sp³-hybridized carbons (Fsp3) is 0.263. The molecule has 9 nitrogen and oxygen atoms in total. The highest BCUT2D eigenvalue weighted by atomic mass is 32.2. The Morgan fingerprint density at radius 3 is 2.90 bits per heavy atom. The highest BCUT2D eigenvalue weighted by Gasteiger charge is 2.27. The second-order valence-electron chi connectivity index (χ2n) is 6.26. The number of amides is 1. The topological polar surface area (TPSA) is 105 Å². The number of carbonyl (C=O) groups excluding carboxylic acids is 2. The van der Waals surface area contributed by atoms with Gasteiger partial charge in [-0.2, -0.15) is 0 Å². The number of methoxy groups -OCH3 is 1. The number of hydrogen-bond donors (Lipinski definition) is 1. The summed E-state index contributed by atoms with van der Waals surface area (Å²) in [5, 5.41) is 13.4. The van der Waals surface area contributed by atoms with E-state index in [-0.39, 0.29) is 11.7 Å². The van der Waals surface area contributed by atoms with Gasteiger partial charge in [0, 0.05) is 7.05 Å². The van der Waals surface area contributed by atoms with Gasteiger partial charge in [0.25, 0.3) is 0 Å². The Morgan fingerprint density at radius 2 is 2.10 bits per heavy atom. The molecule has 0 saturated heterocycles. The number of fused-ring (bicyclic) bond motifs is 1. The van der Waals surface area contributed by atoms with Crippen LogP contribution >= 0.6 is 23.1 Å². The molecule has 1 aliphatic heterocycles. The summed E-state index contributed by atoms with van der Waals surface area (Å²) in [6.07, 6.45) is -0.394. The van der Waals surface area contributed by atoms with Crippen LogP contribution in [0, 0.1) is 0 Å². The molecule has 3 aromatic rings. The Hall–Kier alpha value is -3.05. The third-order valence-electron chi connectivity index (χ3n) is 4.31. The molecule has 4 rings (SSSR count). The summed E-state index contributed by atoms with van der Waals surface area (Å²) in [7, 11) is 3.11. The van der Waals surface area contributed by atoms with Crippen molar-refractivity contribution < 1.29 is 23.8 Å². The normalized spacial score (nSPS) is 14.9. The quantitative estimate of drug-likeness (QED) is 0.455. The highest BCUT2D eigenvalue weighted by Crippen LogP contribution is 2.35. The molecule has 1 N–H and O–H groups in total.